The summed E-state index contributed by atoms with van der Waals surface area (Å²) in [5, 5.41) is 5.69. The van der Waals surface area contributed by atoms with Gasteiger partial charge in [-0.2, -0.15) is 0 Å². The van der Waals surface area contributed by atoms with Crippen molar-refractivity contribution in [1.82, 2.24) is 10.3 Å². The van der Waals surface area contributed by atoms with Crippen molar-refractivity contribution in [2.75, 3.05) is 18.4 Å². The largest absolute Gasteiger partial charge is 0.370 e. The van der Waals surface area contributed by atoms with Crippen molar-refractivity contribution in [3.8, 4) is 0 Å². The van der Waals surface area contributed by atoms with Gasteiger partial charge in [0.1, 0.15) is 6.54 Å². The van der Waals surface area contributed by atoms with E-state index in [0.717, 1.165) is 13.0 Å². The van der Waals surface area contributed by atoms with Gasteiger partial charge in [0.2, 0.25) is 5.91 Å². The fourth-order valence-electron chi connectivity index (χ4n) is 1.62. The Hall–Kier alpha value is -2.11. The zero-order chi connectivity index (χ0) is 14.6. The molecule has 0 aliphatic carbocycles. The topological polar surface area (TPSA) is 92.4 Å². The first-order valence-corrected chi connectivity index (χ1v) is 6.96. The molecule has 0 aromatic carbocycles. The van der Waals surface area contributed by atoms with Crippen molar-refractivity contribution in [2.24, 2.45) is 10.7 Å². The highest BCUT2D eigenvalue weighted by Crippen LogP contribution is 2.01. The quantitative estimate of drug-likeness (QED) is 0.381. The van der Waals surface area contributed by atoms with E-state index in [-0.39, 0.29) is 12.5 Å². The number of anilines is 1. The molecule has 1 heterocycles. The highest BCUT2D eigenvalue weighted by molar-refractivity contribution is 5.93. The number of hydrogen-bond acceptors (Lipinski definition) is 3. The lowest BCUT2D eigenvalue weighted by Gasteiger charge is -2.05. The second kappa shape index (κ2) is 9.77. The summed E-state index contributed by atoms with van der Waals surface area (Å²) < 4.78 is 0. The molecule has 20 heavy (non-hydrogen) atoms. The normalized spacial score (nSPS) is 11.2. The minimum Gasteiger partial charge on any atom is -0.370 e. The predicted octanol–water partition coefficient (Wildman–Crippen LogP) is 1.50. The molecule has 0 atom stereocenters. The Bertz CT molecular complexity index is 419. The maximum atomic E-state index is 11.6. The maximum absolute atomic E-state index is 11.6. The van der Waals surface area contributed by atoms with Crippen molar-refractivity contribution >= 4 is 17.6 Å². The second-order valence-corrected chi connectivity index (χ2v) is 4.48. The molecule has 1 aromatic heterocycles. The van der Waals surface area contributed by atoms with Gasteiger partial charge in [0.05, 0.1) is 11.9 Å². The monoisotopic (exact) mass is 277 g/mol. The van der Waals surface area contributed by atoms with Crippen molar-refractivity contribution in [2.45, 2.75) is 32.6 Å². The van der Waals surface area contributed by atoms with Gasteiger partial charge in [-0.3, -0.25) is 9.78 Å². The van der Waals surface area contributed by atoms with Crippen LogP contribution in [-0.2, 0) is 4.79 Å². The maximum Gasteiger partial charge on any atom is 0.246 e. The van der Waals surface area contributed by atoms with Gasteiger partial charge in [0, 0.05) is 12.7 Å². The molecule has 0 bridgehead atoms. The standard InChI is InChI=1S/C14H23N5O/c1-2-3-4-5-9-17-14(15)18-11-13(20)19-12-7-6-8-16-10-12/h6-8,10H,2-5,9,11H2,1H3,(H,19,20)(H3,15,17,18). The number of nitrogens with zero attached hydrogens (tertiary/aromatic N) is 2. The number of nitrogens with two attached hydrogens (primary N) is 1. The number of carbonyl (C=O) groups is 1. The number of amides is 1. The molecule has 0 spiro atoms. The molecule has 0 aliphatic rings. The number of pyridine rings is 1. The molecular formula is C14H23N5O. The highest BCUT2D eigenvalue weighted by atomic mass is 16.1. The van der Waals surface area contributed by atoms with Crippen molar-refractivity contribution in [3.63, 3.8) is 0 Å². The van der Waals surface area contributed by atoms with Crippen LogP contribution in [-0.4, -0.2) is 29.9 Å². The SMILES string of the molecule is CCCCCCNC(N)=NCC(=O)Nc1cccnc1. The lowest BCUT2D eigenvalue weighted by Crippen LogP contribution is -2.33. The lowest BCUT2D eigenvalue weighted by atomic mass is 10.2. The van der Waals surface area contributed by atoms with Crippen LogP contribution in [0.25, 0.3) is 0 Å². The number of carbonyl (C=O) groups excluding carboxylic acids is 1. The van der Waals surface area contributed by atoms with E-state index in [2.05, 4.69) is 27.5 Å². The Balaban J connectivity index is 2.19. The first-order chi connectivity index (χ1) is 9.72. The zero-order valence-corrected chi connectivity index (χ0v) is 11.9. The highest BCUT2D eigenvalue weighted by Gasteiger charge is 2.01. The number of rotatable bonds is 8. The number of aromatic nitrogens is 1. The van der Waals surface area contributed by atoms with E-state index >= 15 is 0 Å². The van der Waals surface area contributed by atoms with E-state index in [0.29, 0.717) is 11.6 Å². The smallest absolute Gasteiger partial charge is 0.246 e. The summed E-state index contributed by atoms with van der Waals surface area (Å²) in [5.41, 5.74) is 6.33. The zero-order valence-electron chi connectivity index (χ0n) is 11.9. The van der Waals surface area contributed by atoms with Crippen LogP contribution < -0.4 is 16.4 Å². The van der Waals surface area contributed by atoms with Crippen molar-refractivity contribution < 1.29 is 4.79 Å². The van der Waals surface area contributed by atoms with E-state index in [9.17, 15) is 4.79 Å². The van der Waals surface area contributed by atoms with Gasteiger partial charge in [-0.05, 0) is 18.6 Å². The predicted molar refractivity (Wildman–Crippen MR) is 81.5 cm³/mol. The van der Waals surface area contributed by atoms with E-state index in [1.54, 1.807) is 24.5 Å². The van der Waals surface area contributed by atoms with Gasteiger partial charge < -0.3 is 16.4 Å². The molecule has 4 N–H and O–H groups in total. The fourth-order valence-corrected chi connectivity index (χ4v) is 1.62. The van der Waals surface area contributed by atoms with Crippen LogP contribution in [0.5, 0.6) is 0 Å². The molecule has 1 rings (SSSR count). The molecule has 0 aliphatic heterocycles. The van der Waals surface area contributed by atoms with Crippen LogP contribution in [0.1, 0.15) is 32.6 Å². The van der Waals surface area contributed by atoms with Gasteiger partial charge in [0.25, 0.3) is 0 Å². The van der Waals surface area contributed by atoms with Gasteiger partial charge in [0.15, 0.2) is 5.96 Å². The fraction of sp³-hybridized carbons (Fsp3) is 0.500. The third-order valence-corrected chi connectivity index (χ3v) is 2.67. The molecule has 6 heteroatoms. The molecule has 0 fully saturated rings. The lowest BCUT2D eigenvalue weighted by molar-refractivity contribution is -0.114. The molecule has 0 saturated carbocycles. The summed E-state index contributed by atoms with van der Waals surface area (Å²) in [5.74, 6) is 0.0940. The molecule has 0 unspecified atom stereocenters. The Morgan fingerprint density at radius 2 is 2.25 bits per heavy atom. The van der Waals surface area contributed by atoms with Gasteiger partial charge in [-0.1, -0.05) is 26.2 Å². The average Bonchev–Trinajstić information content (AvgIpc) is 2.46. The molecule has 0 saturated heterocycles. The van der Waals surface area contributed by atoms with Crippen LogP contribution in [0.4, 0.5) is 5.69 Å². The summed E-state index contributed by atoms with van der Waals surface area (Å²) in [7, 11) is 0. The Labute approximate surface area is 119 Å². The second-order valence-electron chi connectivity index (χ2n) is 4.48. The number of hydrogen-bond donors (Lipinski definition) is 3. The van der Waals surface area contributed by atoms with Gasteiger partial charge in [-0.15, -0.1) is 0 Å². The third-order valence-electron chi connectivity index (χ3n) is 2.67. The van der Waals surface area contributed by atoms with E-state index in [1.165, 1.54) is 19.3 Å². The Morgan fingerprint density at radius 1 is 1.40 bits per heavy atom. The van der Waals surface area contributed by atoms with Crippen molar-refractivity contribution in [1.29, 1.82) is 0 Å². The van der Waals surface area contributed by atoms with Crippen molar-refractivity contribution in [3.05, 3.63) is 24.5 Å². The summed E-state index contributed by atoms with van der Waals surface area (Å²) in [6.45, 7) is 2.96. The first kappa shape index (κ1) is 15.9. The minimum absolute atomic E-state index is 0.00267. The Morgan fingerprint density at radius 3 is 2.95 bits per heavy atom. The summed E-state index contributed by atoms with van der Waals surface area (Å²) in [6, 6.07) is 3.52. The van der Waals surface area contributed by atoms with E-state index in [4.69, 9.17) is 5.73 Å². The number of unbranched alkanes of at least 4 members (excludes halogenated alkanes) is 3. The molecular weight excluding hydrogens is 254 g/mol. The molecule has 1 amide bonds. The minimum atomic E-state index is -0.214. The van der Waals surface area contributed by atoms with E-state index < -0.39 is 0 Å². The third kappa shape index (κ3) is 7.35. The van der Waals surface area contributed by atoms with Crippen LogP contribution in [0, 0.1) is 0 Å². The van der Waals surface area contributed by atoms with Gasteiger partial charge >= 0.3 is 0 Å². The van der Waals surface area contributed by atoms with Crippen LogP contribution in [0.3, 0.4) is 0 Å². The molecule has 110 valence electrons. The number of aliphatic imine (C=N–C) groups is 1. The number of nitrogens with one attached hydrogen (secondary N) is 2. The summed E-state index contributed by atoms with van der Waals surface area (Å²) >= 11 is 0. The molecule has 0 radical (unpaired) electrons. The summed E-state index contributed by atoms with van der Waals surface area (Å²) in [6.07, 6.45) is 7.90. The molecule has 6 nitrogen and oxygen atoms in total. The Kier molecular flexibility index (Phi) is 7.79. The van der Waals surface area contributed by atoms with Crippen LogP contribution in [0.2, 0.25) is 0 Å². The molecule has 1 aromatic rings. The van der Waals surface area contributed by atoms with E-state index in [1.807, 2.05) is 0 Å². The van der Waals surface area contributed by atoms with Crippen LogP contribution in [0.15, 0.2) is 29.5 Å². The van der Waals surface area contributed by atoms with Gasteiger partial charge in [-0.25, -0.2) is 4.99 Å². The average molecular weight is 277 g/mol. The number of guanidine groups is 1. The first-order valence-electron chi connectivity index (χ1n) is 6.96. The van der Waals surface area contributed by atoms with Crippen LogP contribution >= 0.6 is 0 Å². The summed E-state index contributed by atoms with van der Waals surface area (Å²) in [4.78, 5) is 19.5.